The number of H-pyrrole nitrogens is 1. The molecule has 0 radical (unpaired) electrons. The molecule has 0 saturated carbocycles. The molecule has 0 fully saturated rings. The van der Waals surface area contributed by atoms with Gasteiger partial charge in [-0.1, -0.05) is 30.3 Å². The lowest BCUT2D eigenvalue weighted by Gasteiger charge is -2.14. The Morgan fingerprint density at radius 2 is 1.77 bits per heavy atom. The molecule has 1 heterocycles. The van der Waals surface area contributed by atoms with Crippen molar-refractivity contribution < 1.29 is 4.79 Å². The molecule has 4 N–H and O–H groups in total. The van der Waals surface area contributed by atoms with Crippen LogP contribution in [0.25, 0.3) is 10.8 Å². The Balaban J connectivity index is 1.71. The van der Waals surface area contributed by atoms with Gasteiger partial charge in [-0.05, 0) is 49.3 Å². The van der Waals surface area contributed by atoms with Gasteiger partial charge in [0.2, 0.25) is 0 Å². The normalized spacial score (nSPS) is 10.4. The van der Waals surface area contributed by atoms with Crippen molar-refractivity contribution in [1.29, 1.82) is 0 Å². The van der Waals surface area contributed by atoms with Gasteiger partial charge in [-0.3, -0.25) is 20.4 Å². The number of hydrazine groups is 1. The maximum atomic E-state index is 12.4. The number of carbonyl (C=O) groups is 1. The van der Waals surface area contributed by atoms with Gasteiger partial charge in [-0.25, -0.2) is 5.10 Å². The molecule has 0 unspecified atom stereocenters. The molecule has 0 spiro atoms. The van der Waals surface area contributed by atoms with E-state index in [1.807, 2.05) is 32.0 Å². The van der Waals surface area contributed by atoms with Gasteiger partial charge < -0.3 is 5.32 Å². The summed E-state index contributed by atoms with van der Waals surface area (Å²) < 4.78 is 0. The van der Waals surface area contributed by atoms with Crippen molar-refractivity contribution in [1.82, 2.24) is 21.0 Å². The van der Waals surface area contributed by atoms with Crippen molar-refractivity contribution >= 4 is 39.7 Å². The highest BCUT2D eigenvalue weighted by molar-refractivity contribution is 7.80. The van der Waals surface area contributed by atoms with Crippen LogP contribution in [0.5, 0.6) is 0 Å². The Hall–Kier alpha value is -3.26. The predicted molar refractivity (Wildman–Crippen MR) is 105 cm³/mol. The maximum Gasteiger partial charge on any atom is 0.290 e. The van der Waals surface area contributed by atoms with Crippen LogP contribution in [0.15, 0.2) is 47.3 Å². The van der Waals surface area contributed by atoms with E-state index in [1.165, 1.54) is 0 Å². The molecule has 0 atom stereocenters. The minimum atomic E-state index is -0.512. The fourth-order valence-electron chi connectivity index (χ4n) is 2.50. The van der Waals surface area contributed by atoms with E-state index in [0.29, 0.717) is 10.8 Å². The van der Waals surface area contributed by atoms with Crippen molar-refractivity contribution in [2.24, 2.45) is 0 Å². The average molecular weight is 367 g/mol. The first kappa shape index (κ1) is 17.6. The first-order valence-corrected chi connectivity index (χ1v) is 8.29. The summed E-state index contributed by atoms with van der Waals surface area (Å²) in [6.45, 7) is 3.99. The monoisotopic (exact) mass is 367 g/mol. The van der Waals surface area contributed by atoms with Crippen LogP contribution in [0.1, 0.15) is 21.6 Å². The Morgan fingerprint density at radius 3 is 2.54 bits per heavy atom. The Morgan fingerprint density at radius 1 is 1.04 bits per heavy atom. The Labute approximate surface area is 154 Å². The quantitative estimate of drug-likeness (QED) is 0.409. The Bertz CT molecular complexity index is 1060. The number of hydrogen-bond donors (Lipinski definition) is 4. The van der Waals surface area contributed by atoms with Gasteiger partial charge in [0.1, 0.15) is 0 Å². The van der Waals surface area contributed by atoms with Crippen LogP contribution in [0, 0.1) is 13.8 Å². The Kier molecular flexibility index (Phi) is 4.94. The molecule has 0 aliphatic rings. The van der Waals surface area contributed by atoms with Crippen LogP contribution in [0.3, 0.4) is 0 Å². The summed E-state index contributed by atoms with van der Waals surface area (Å²) in [5, 5.41) is 10.3. The van der Waals surface area contributed by atoms with Crippen LogP contribution in [0.4, 0.5) is 5.69 Å². The molecule has 26 heavy (non-hydrogen) atoms. The maximum absolute atomic E-state index is 12.4. The number of hydrogen-bond acceptors (Lipinski definition) is 4. The minimum Gasteiger partial charge on any atom is -0.331 e. The zero-order valence-electron chi connectivity index (χ0n) is 14.2. The molecule has 3 rings (SSSR count). The summed E-state index contributed by atoms with van der Waals surface area (Å²) in [6, 6.07) is 12.6. The van der Waals surface area contributed by atoms with Gasteiger partial charge in [-0.2, -0.15) is 5.10 Å². The highest BCUT2D eigenvalue weighted by Gasteiger charge is 2.14. The third-order valence-electron chi connectivity index (χ3n) is 4.05. The number of rotatable bonds is 2. The highest BCUT2D eigenvalue weighted by atomic mass is 32.1. The van der Waals surface area contributed by atoms with E-state index < -0.39 is 5.91 Å². The summed E-state index contributed by atoms with van der Waals surface area (Å²) in [5.74, 6) is -0.512. The van der Waals surface area contributed by atoms with Crippen LogP contribution < -0.4 is 21.7 Å². The van der Waals surface area contributed by atoms with E-state index in [4.69, 9.17) is 12.2 Å². The molecule has 132 valence electrons. The van der Waals surface area contributed by atoms with Gasteiger partial charge in [0, 0.05) is 11.1 Å². The van der Waals surface area contributed by atoms with Crippen molar-refractivity contribution in [2.45, 2.75) is 13.8 Å². The number of thiocarbonyl (C=S) groups is 1. The molecule has 0 aliphatic carbocycles. The molecule has 7 nitrogen and oxygen atoms in total. The molecule has 8 heteroatoms. The van der Waals surface area contributed by atoms with Gasteiger partial charge >= 0.3 is 0 Å². The van der Waals surface area contributed by atoms with E-state index in [0.717, 1.165) is 16.8 Å². The number of nitrogens with zero attached hydrogens (tertiary/aromatic N) is 1. The fourth-order valence-corrected chi connectivity index (χ4v) is 2.66. The SMILES string of the molecule is Cc1cccc(NC(=S)NNC(=O)c2n[nH]c(=O)c3ccccc23)c1C. The number of carbonyl (C=O) groups excluding carboxylic acids is 1. The van der Waals surface area contributed by atoms with E-state index >= 15 is 0 Å². The van der Waals surface area contributed by atoms with Gasteiger partial charge in [0.05, 0.1) is 5.39 Å². The topological polar surface area (TPSA) is 98.9 Å². The van der Waals surface area contributed by atoms with Crippen molar-refractivity contribution in [3.8, 4) is 0 Å². The highest BCUT2D eigenvalue weighted by Crippen LogP contribution is 2.17. The molecule has 0 aliphatic heterocycles. The number of benzene rings is 2. The minimum absolute atomic E-state index is 0.0993. The van der Waals surface area contributed by atoms with Crippen LogP contribution in [-0.4, -0.2) is 21.2 Å². The van der Waals surface area contributed by atoms with E-state index in [2.05, 4.69) is 26.4 Å². The molecule has 3 aromatic rings. The molecular weight excluding hydrogens is 350 g/mol. The smallest absolute Gasteiger partial charge is 0.290 e. The lowest BCUT2D eigenvalue weighted by atomic mass is 10.1. The summed E-state index contributed by atoms with van der Waals surface area (Å²) >= 11 is 5.21. The second-order valence-electron chi connectivity index (χ2n) is 5.73. The molecule has 1 aromatic heterocycles. The predicted octanol–water partition coefficient (Wildman–Crippen LogP) is 2.17. The molecule has 0 bridgehead atoms. The number of amides is 1. The number of aromatic amines is 1. The molecular formula is C18H17N5O2S. The van der Waals surface area contributed by atoms with Crippen molar-refractivity contribution in [2.75, 3.05) is 5.32 Å². The molecule has 1 amide bonds. The first-order valence-electron chi connectivity index (χ1n) is 7.88. The van der Waals surface area contributed by atoms with Gasteiger partial charge in [0.15, 0.2) is 10.8 Å². The van der Waals surface area contributed by atoms with E-state index in [9.17, 15) is 9.59 Å². The first-order chi connectivity index (χ1) is 12.5. The van der Waals surface area contributed by atoms with E-state index in [1.54, 1.807) is 24.3 Å². The summed E-state index contributed by atoms with van der Waals surface area (Å²) in [5.41, 5.74) is 7.93. The second-order valence-corrected chi connectivity index (χ2v) is 6.14. The largest absolute Gasteiger partial charge is 0.331 e. The van der Waals surface area contributed by atoms with Crippen LogP contribution in [-0.2, 0) is 0 Å². The third kappa shape index (κ3) is 3.55. The average Bonchev–Trinajstić information content (AvgIpc) is 2.64. The van der Waals surface area contributed by atoms with E-state index in [-0.39, 0.29) is 16.4 Å². The molecule has 2 aromatic carbocycles. The number of aromatic nitrogens is 2. The van der Waals surface area contributed by atoms with Crippen molar-refractivity contribution in [3.63, 3.8) is 0 Å². The zero-order valence-corrected chi connectivity index (χ0v) is 15.0. The van der Waals surface area contributed by atoms with Crippen molar-refractivity contribution in [3.05, 3.63) is 69.6 Å². The van der Waals surface area contributed by atoms with Gasteiger partial charge in [0.25, 0.3) is 11.5 Å². The van der Waals surface area contributed by atoms with Crippen LogP contribution in [0.2, 0.25) is 0 Å². The third-order valence-corrected chi connectivity index (χ3v) is 4.26. The summed E-state index contributed by atoms with van der Waals surface area (Å²) in [4.78, 5) is 24.2. The number of fused-ring (bicyclic) bond motifs is 1. The number of anilines is 1. The fraction of sp³-hybridized carbons (Fsp3) is 0.111. The number of nitrogens with one attached hydrogen (secondary N) is 4. The van der Waals surface area contributed by atoms with Crippen LogP contribution >= 0.6 is 12.2 Å². The lowest BCUT2D eigenvalue weighted by Crippen LogP contribution is -2.44. The number of aryl methyl sites for hydroxylation is 1. The second kappa shape index (κ2) is 7.32. The molecule has 0 saturated heterocycles. The van der Waals surface area contributed by atoms with Gasteiger partial charge in [-0.15, -0.1) is 0 Å². The summed E-state index contributed by atoms with van der Waals surface area (Å²) in [6.07, 6.45) is 0. The zero-order chi connectivity index (χ0) is 18.7. The standard InChI is InChI=1S/C18H17N5O2S/c1-10-6-5-9-14(11(10)2)19-18(26)23-22-17(25)15-12-7-3-4-8-13(12)16(24)21-20-15/h3-9H,1-2H3,(H,21,24)(H,22,25)(H2,19,23,26). The lowest BCUT2D eigenvalue weighted by molar-refractivity contribution is 0.0940. The summed E-state index contributed by atoms with van der Waals surface area (Å²) in [7, 11) is 0.